The van der Waals surface area contributed by atoms with Crippen LogP contribution in [-0.4, -0.2) is 5.91 Å². The molecular formula is C16H15Br2NO. The zero-order valence-corrected chi connectivity index (χ0v) is 14.2. The summed E-state index contributed by atoms with van der Waals surface area (Å²) in [6.07, 6.45) is 0.768. The van der Waals surface area contributed by atoms with E-state index in [9.17, 15) is 4.79 Å². The van der Waals surface area contributed by atoms with Crippen molar-refractivity contribution in [2.45, 2.75) is 19.3 Å². The minimum absolute atomic E-state index is 0.0155. The predicted octanol–water partition coefficient (Wildman–Crippen LogP) is 5.34. The first-order chi connectivity index (χ1) is 9.61. The minimum atomic E-state index is -0.133. The van der Waals surface area contributed by atoms with E-state index in [4.69, 9.17) is 0 Å². The molecular weight excluding hydrogens is 382 g/mol. The molecule has 1 atom stereocenters. The van der Waals surface area contributed by atoms with Crippen LogP contribution >= 0.6 is 31.9 Å². The van der Waals surface area contributed by atoms with Crippen molar-refractivity contribution in [2.24, 2.45) is 0 Å². The zero-order valence-electron chi connectivity index (χ0n) is 11.1. The van der Waals surface area contributed by atoms with Crippen molar-refractivity contribution >= 4 is 43.5 Å². The maximum atomic E-state index is 12.4. The third kappa shape index (κ3) is 3.70. The molecule has 0 fully saturated rings. The summed E-state index contributed by atoms with van der Waals surface area (Å²) in [5.41, 5.74) is 1.83. The number of amides is 1. The second kappa shape index (κ2) is 7.04. The molecule has 2 aromatic rings. The molecule has 0 heterocycles. The van der Waals surface area contributed by atoms with Crippen LogP contribution in [0.25, 0.3) is 0 Å². The SMILES string of the molecule is CC[C@@H](C(=O)Nc1ccc(Br)cc1Br)c1ccccc1. The summed E-state index contributed by atoms with van der Waals surface area (Å²) in [5, 5.41) is 2.98. The topological polar surface area (TPSA) is 29.1 Å². The zero-order chi connectivity index (χ0) is 14.5. The minimum Gasteiger partial charge on any atom is -0.325 e. The van der Waals surface area contributed by atoms with Crippen molar-refractivity contribution in [2.75, 3.05) is 5.32 Å². The van der Waals surface area contributed by atoms with Gasteiger partial charge in [0, 0.05) is 8.95 Å². The first-order valence-electron chi connectivity index (χ1n) is 6.42. The van der Waals surface area contributed by atoms with Crippen LogP contribution in [0.15, 0.2) is 57.5 Å². The monoisotopic (exact) mass is 395 g/mol. The molecule has 0 aliphatic heterocycles. The number of rotatable bonds is 4. The molecule has 0 aromatic heterocycles. The summed E-state index contributed by atoms with van der Waals surface area (Å²) < 4.78 is 1.83. The van der Waals surface area contributed by atoms with E-state index in [1.54, 1.807) is 0 Å². The molecule has 104 valence electrons. The average Bonchev–Trinajstić information content (AvgIpc) is 2.44. The molecule has 0 bridgehead atoms. The number of hydrogen-bond acceptors (Lipinski definition) is 1. The van der Waals surface area contributed by atoms with Gasteiger partial charge in [0.2, 0.25) is 5.91 Å². The number of benzene rings is 2. The fourth-order valence-corrected chi connectivity index (χ4v) is 3.21. The van der Waals surface area contributed by atoms with Gasteiger partial charge in [-0.2, -0.15) is 0 Å². The third-order valence-electron chi connectivity index (χ3n) is 3.12. The number of halogens is 2. The van der Waals surface area contributed by atoms with Gasteiger partial charge in [0.15, 0.2) is 0 Å². The maximum Gasteiger partial charge on any atom is 0.231 e. The Morgan fingerprint density at radius 1 is 1.15 bits per heavy atom. The summed E-state index contributed by atoms with van der Waals surface area (Å²) in [6, 6.07) is 15.6. The molecule has 0 spiro atoms. The van der Waals surface area contributed by atoms with E-state index in [1.165, 1.54) is 0 Å². The van der Waals surface area contributed by atoms with E-state index in [0.717, 1.165) is 26.6 Å². The van der Waals surface area contributed by atoms with Crippen molar-refractivity contribution in [3.63, 3.8) is 0 Å². The van der Waals surface area contributed by atoms with Gasteiger partial charge >= 0.3 is 0 Å². The fraction of sp³-hybridized carbons (Fsp3) is 0.188. The Morgan fingerprint density at radius 2 is 1.85 bits per heavy atom. The van der Waals surface area contributed by atoms with Gasteiger partial charge in [-0.15, -0.1) is 0 Å². The Morgan fingerprint density at radius 3 is 2.45 bits per heavy atom. The van der Waals surface area contributed by atoms with Crippen LogP contribution in [-0.2, 0) is 4.79 Å². The molecule has 1 N–H and O–H groups in total. The van der Waals surface area contributed by atoms with Gasteiger partial charge < -0.3 is 5.32 Å². The molecule has 0 saturated carbocycles. The molecule has 2 aromatic carbocycles. The van der Waals surface area contributed by atoms with Gasteiger partial charge in [-0.3, -0.25) is 4.79 Å². The van der Waals surface area contributed by atoms with Gasteiger partial charge in [-0.1, -0.05) is 53.2 Å². The summed E-state index contributed by atoms with van der Waals surface area (Å²) in [6.45, 7) is 2.02. The maximum absolute atomic E-state index is 12.4. The van der Waals surface area contributed by atoms with Crippen LogP contribution in [0.1, 0.15) is 24.8 Å². The fourth-order valence-electron chi connectivity index (χ4n) is 2.07. The van der Waals surface area contributed by atoms with Crippen LogP contribution in [0.5, 0.6) is 0 Å². The summed E-state index contributed by atoms with van der Waals surface area (Å²) in [7, 11) is 0. The lowest BCUT2D eigenvalue weighted by molar-refractivity contribution is -0.117. The van der Waals surface area contributed by atoms with Crippen molar-refractivity contribution in [3.8, 4) is 0 Å². The molecule has 2 rings (SSSR count). The Labute approximate surface area is 135 Å². The number of anilines is 1. The standard InChI is InChI=1S/C16H15Br2NO/c1-2-13(11-6-4-3-5-7-11)16(20)19-15-9-8-12(17)10-14(15)18/h3-10,13H,2H2,1H3,(H,19,20)/t13-/m1/s1. The lowest BCUT2D eigenvalue weighted by atomic mass is 9.95. The highest BCUT2D eigenvalue weighted by molar-refractivity contribution is 9.11. The number of carbonyl (C=O) groups excluding carboxylic acids is 1. The second-order valence-electron chi connectivity index (χ2n) is 4.48. The van der Waals surface area contributed by atoms with Crippen LogP contribution < -0.4 is 5.32 Å². The van der Waals surface area contributed by atoms with Crippen molar-refractivity contribution in [1.29, 1.82) is 0 Å². The highest BCUT2D eigenvalue weighted by Crippen LogP contribution is 2.28. The summed E-state index contributed by atoms with van der Waals surface area (Å²) in [5.74, 6) is -0.117. The van der Waals surface area contributed by atoms with Crippen LogP contribution in [0.3, 0.4) is 0 Å². The lowest BCUT2D eigenvalue weighted by Crippen LogP contribution is -2.20. The summed E-state index contributed by atoms with van der Waals surface area (Å²) in [4.78, 5) is 12.4. The molecule has 0 saturated heterocycles. The Hall–Kier alpha value is -1.13. The van der Waals surface area contributed by atoms with E-state index in [1.807, 2.05) is 55.5 Å². The van der Waals surface area contributed by atoms with Gasteiger partial charge in [-0.05, 0) is 46.1 Å². The van der Waals surface area contributed by atoms with E-state index in [-0.39, 0.29) is 11.8 Å². The largest absolute Gasteiger partial charge is 0.325 e. The molecule has 20 heavy (non-hydrogen) atoms. The molecule has 0 radical (unpaired) electrons. The van der Waals surface area contributed by atoms with E-state index in [2.05, 4.69) is 37.2 Å². The Bertz CT molecular complexity index is 599. The molecule has 0 unspecified atom stereocenters. The van der Waals surface area contributed by atoms with Gasteiger partial charge in [0.25, 0.3) is 0 Å². The highest BCUT2D eigenvalue weighted by atomic mass is 79.9. The van der Waals surface area contributed by atoms with Gasteiger partial charge in [0.05, 0.1) is 11.6 Å². The third-order valence-corrected chi connectivity index (χ3v) is 4.27. The highest BCUT2D eigenvalue weighted by Gasteiger charge is 2.19. The first kappa shape index (κ1) is 15.3. The molecule has 2 nitrogen and oxygen atoms in total. The Kier molecular flexibility index (Phi) is 5.38. The van der Waals surface area contributed by atoms with Crippen LogP contribution in [0, 0.1) is 0 Å². The van der Waals surface area contributed by atoms with Crippen molar-refractivity contribution in [3.05, 3.63) is 63.0 Å². The normalized spacial score (nSPS) is 11.9. The summed E-state index contributed by atoms with van der Waals surface area (Å²) >= 11 is 6.86. The molecule has 4 heteroatoms. The van der Waals surface area contributed by atoms with Crippen LogP contribution in [0.4, 0.5) is 5.69 Å². The van der Waals surface area contributed by atoms with Crippen molar-refractivity contribution < 1.29 is 4.79 Å². The second-order valence-corrected chi connectivity index (χ2v) is 6.25. The average molecular weight is 397 g/mol. The van der Waals surface area contributed by atoms with Crippen LogP contribution in [0.2, 0.25) is 0 Å². The predicted molar refractivity (Wildman–Crippen MR) is 89.9 cm³/mol. The van der Waals surface area contributed by atoms with Gasteiger partial charge in [0.1, 0.15) is 0 Å². The van der Waals surface area contributed by atoms with E-state index in [0.29, 0.717) is 0 Å². The number of hydrogen-bond donors (Lipinski definition) is 1. The smallest absolute Gasteiger partial charge is 0.231 e. The van der Waals surface area contributed by atoms with Crippen molar-refractivity contribution in [1.82, 2.24) is 0 Å². The lowest BCUT2D eigenvalue weighted by Gasteiger charge is -2.16. The van der Waals surface area contributed by atoms with E-state index < -0.39 is 0 Å². The molecule has 0 aliphatic carbocycles. The quantitative estimate of drug-likeness (QED) is 0.741. The van der Waals surface area contributed by atoms with Gasteiger partial charge in [-0.25, -0.2) is 0 Å². The van der Waals surface area contributed by atoms with E-state index >= 15 is 0 Å². The molecule has 0 aliphatic rings. The Balaban J connectivity index is 2.18. The first-order valence-corrected chi connectivity index (χ1v) is 8.01. The number of carbonyl (C=O) groups is 1. The number of nitrogens with one attached hydrogen (secondary N) is 1. The molecule has 1 amide bonds.